The number of thiazole rings is 1. The molecule has 4 aromatic rings. The van der Waals surface area contributed by atoms with E-state index in [2.05, 4.69) is 10.1 Å². The van der Waals surface area contributed by atoms with Crippen molar-refractivity contribution in [1.29, 1.82) is 0 Å². The maximum Gasteiger partial charge on any atom is 0.340 e. The molecule has 0 aliphatic heterocycles. The summed E-state index contributed by atoms with van der Waals surface area (Å²) in [4.78, 5) is 8.69. The lowest BCUT2D eigenvalue weighted by molar-refractivity contribution is -0.148. The van der Waals surface area contributed by atoms with Gasteiger partial charge in [-0.15, -0.1) is 11.3 Å². The molecule has 0 N–H and O–H groups in total. The summed E-state index contributed by atoms with van der Waals surface area (Å²) in [5, 5.41) is 6.79. The second-order valence-electron chi connectivity index (χ2n) is 9.62. The van der Waals surface area contributed by atoms with Crippen LogP contribution in [0.2, 0.25) is 0 Å². The van der Waals surface area contributed by atoms with Crippen LogP contribution in [-0.4, -0.2) is 38.7 Å². The third-order valence-electron chi connectivity index (χ3n) is 6.60. The van der Waals surface area contributed by atoms with Crippen LogP contribution in [0.25, 0.3) is 12.2 Å². The summed E-state index contributed by atoms with van der Waals surface area (Å²) in [5.41, 5.74) is 0.912. The number of nitrogens with zero attached hydrogens (tertiary/aromatic N) is 4. The molecule has 0 fully saturated rings. The van der Waals surface area contributed by atoms with Gasteiger partial charge in [0.05, 0.1) is 17.2 Å². The second kappa shape index (κ2) is 12.2. The van der Waals surface area contributed by atoms with Gasteiger partial charge in [0.2, 0.25) is 0 Å². The van der Waals surface area contributed by atoms with Gasteiger partial charge in [-0.1, -0.05) is 38.1 Å². The first-order chi connectivity index (χ1) is 19.0. The summed E-state index contributed by atoms with van der Waals surface area (Å²) in [6.45, 7) is 2.82. The van der Waals surface area contributed by atoms with E-state index in [9.17, 15) is 22.0 Å². The van der Waals surface area contributed by atoms with Crippen LogP contribution in [0.1, 0.15) is 35.7 Å². The Bertz CT molecular complexity index is 1420. The quantitative estimate of drug-likeness (QED) is 0.165. The molecule has 1 atom stereocenters. The third kappa shape index (κ3) is 6.90. The number of halogens is 6. The molecule has 0 unspecified atom stereocenters. The normalized spacial score (nSPS) is 13.8. The Hall–Kier alpha value is -3.67. The Kier molecular flexibility index (Phi) is 8.97. The molecule has 212 valence electrons. The molecule has 0 saturated heterocycles. The van der Waals surface area contributed by atoms with E-state index in [1.165, 1.54) is 41.9 Å². The zero-order chi connectivity index (χ0) is 28.9. The van der Waals surface area contributed by atoms with E-state index in [0.29, 0.717) is 29.8 Å². The largest absolute Gasteiger partial charge is 0.487 e. The van der Waals surface area contributed by atoms with E-state index in [1.54, 1.807) is 35.3 Å². The summed E-state index contributed by atoms with van der Waals surface area (Å²) in [5.74, 6) is -5.58. The Labute approximate surface area is 231 Å². The van der Waals surface area contributed by atoms with Crippen LogP contribution in [0.3, 0.4) is 0 Å². The summed E-state index contributed by atoms with van der Waals surface area (Å²) in [7, 11) is 0. The van der Waals surface area contributed by atoms with Gasteiger partial charge in [-0.2, -0.15) is 13.9 Å². The highest BCUT2D eigenvalue weighted by molar-refractivity contribution is 7.09. The van der Waals surface area contributed by atoms with Crippen molar-refractivity contribution < 1.29 is 31.1 Å². The van der Waals surface area contributed by atoms with Crippen LogP contribution in [0.15, 0.2) is 60.5 Å². The molecule has 2 aromatic carbocycles. The molecule has 0 aliphatic carbocycles. The third-order valence-corrected chi connectivity index (χ3v) is 7.46. The van der Waals surface area contributed by atoms with Crippen molar-refractivity contribution in [3.63, 3.8) is 0 Å². The Morgan fingerprint density at radius 1 is 1.05 bits per heavy atom. The molecule has 2 heterocycles. The smallest absolute Gasteiger partial charge is 0.340 e. The maximum absolute atomic E-state index is 15.1. The molecule has 5 nitrogen and oxygen atoms in total. The fraction of sp³-hybridized carbons (Fsp3) is 0.321. The van der Waals surface area contributed by atoms with Gasteiger partial charge in [0.25, 0.3) is 0 Å². The van der Waals surface area contributed by atoms with E-state index >= 15 is 4.39 Å². The fourth-order valence-electron chi connectivity index (χ4n) is 4.28. The van der Waals surface area contributed by atoms with E-state index in [1.807, 2.05) is 19.2 Å². The topological polar surface area (TPSA) is 52.8 Å². The SMILES string of the molecule is CC(C)[C@@](Cc1nc(/C=C/c2ccc(OCC(F)(F)C(F)F)cc2)cs1)(Cn1cncn1)c1ccc(F)cc1F. The predicted octanol–water partition coefficient (Wildman–Crippen LogP) is 7.30. The van der Waals surface area contributed by atoms with Crippen molar-refractivity contribution in [2.75, 3.05) is 6.61 Å². The maximum atomic E-state index is 15.1. The summed E-state index contributed by atoms with van der Waals surface area (Å²) in [6, 6.07) is 9.60. The second-order valence-corrected chi connectivity index (χ2v) is 10.6. The molecular formula is C28H26F6N4OS. The minimum atomic E-state index is -4.23. The Morgan fingerprint density at radius 2 is 1.80 bits per heavy atom. The van der Waals surface area contributed by atoms with Crippen molar-refractivity contribution in [1.82, 2.24) is 19.7 Å². The van der Waals surface area contributed by atoms with Crippen LogP contribution in [0, 0.1) is 17.6 Å². The van der Waals surface area contributed by atoms with Crippen molar-refractivity contribution in [2.24, 2.45) is 5.92 Å². The van der Waals surface area contributed by atoms with E-state index in [-0.39, 0.29) is 11.7 Å². The molecule has 0 saturated carbocycles. The molecule has 12 heteroatoms. The van der Waals surface area contributed by atoms with Crippen LogP contribution >= 0.6 is 11.3 Å². The summed E-state index contributed by atoms with van der Waals surface area (Å²) >= 11 is 1.40. The summed E-state index contributed by atoms with van der Waals surface area (Å²) in [6.07, 6.45) is 3.02. The minimum absolute atomic E-state index is 0.0406. The molecule has 0 spiro atoms. The van der Waals surface area contributed by atoms with Crippen LogP contribution < -0.4 is 4.74 Å². The molecular weight excluding hydrogens is 554 g/mol. The van der Waals surface area contributed by atoms with Crippen molar-refractivity contribution >= 4 is 23.5 Å². The van der Waals surface area contributed by atoms with Gasteiger partial charge in [-0.05, 0) is 41.3 Å². The number of hydrogen-bond donors (Lipinski definition) is 0. The van der Waals surface area contributed by atoms with Gasteiger partial charge in [0.15, 0.2) is 6.61 Å². The Balaban J connectivity index is 1.52. The van der Waals surface area contributed by atoms with E-state index in [0.717, 1.165) is 11.1 Å². The lowest BCUT2D eigenvalue weighted by Gasteiger charge is -2.38. The highest BCUT2D eigenvalue weighted by atomic mass is 32.1. The average molecular weight is 581 g/mol. The number of ether oxygens (including phenoxy) is 1. The first-order valence-electron chi connectivity index (χ1n) is 12.3. The minimum Gasteiger partial charge on any atom is -0.487 e. The number of rotatable bonds is 12. The molecule has 2 aromatic heterocycles. The molecule has 0 bridgehead atoms. The number of alkyl halides is 4. The van der Waals surface area contributed by atoms with Crippen LogP contribution in [-0.2, 0) is 18.4 Å². The fourth-order valence-corrected chi connectivity index (χ4v) is 5.17. The zero-order valence-electron chi connectivity index (χ0n) is 21.6. The van der Waals surface area contributed by atoms with E-state index < -0.39 is 36.0 Å². The standard InChI is InChI=1S/C28H26F6N4OS/c1-18(2)27(14-38-17-35-16-36-38,23-10-6-20(29)11-24(23)30)12-25-37-21(13-40-25)7-3-19-4-8-22(9-5-19)39-15-28(33,34)26(31)32/h3-11,13,16-18,26H,12,14-15H2,1-2H3/b7-3+/t27-/m1/s1. The van der Waals surface area contributed by atoms with Gasteiger partial charge in [-0.25, -0.2) is 27.5 Å². The van der Waals surface area contributed by atoms with Crippen LogP contribution in [0.5, 0.6) is 5.75 Å². The first kappa shape index (κ1) is 29.3. The molecule has 40 heavy (non-hydrogen) atoms. The first-order valence-corrected chi connectivity index (χ1v) is 13.2. The van der Waals surface area contributed by atoms with Gasteiger partial charge in [0.1, 0.15) is 30.0 Å². The van der Waals surface area contributed by atoms with Crippen molar-refractivity contribution in [2.45, 2.75) is 44.6 Å². The number of aromatic nitrogens is 4. The van der Waals surface area contributed by atoms with Crippen LogP contribution in [0.4, 0.5) is 26.3 Å². The lowest BCUT2D eigenvalue weighted by Crippen LogP contribution is -2.40. The molecule has 4 rings (SSSR count). The van der Waals surface area contributed by atoms with E-state index in [4.69, 9.17) is 9.72 Å². The lowest BCUT2D eigenvalue weighted by atomic mass is 9.69. The van der Waals surface area contributed by atoms with Gasteiger partial charge in [0, 0.05) is 23.3 Å². The molecule has 0 radical (unpaired) electrons. The van der Waals surface area contributed by atoms with Gasteiger partial charge >= 0.3 is 12.3 Å². The molecule has 0 aliphatic rings. The highest BCUT2D eigenvalue weighted by Crippen LogP contribution is 2.40. The van der Waals surface area contributed by atoms with Gasteiger partial charge < -0.3 is 4.74 Å². The number of hydrogen-bond acceptors (Lipinski definition) is 5. The van der Waals surface area contributed by atoms with Crippen molar-refractivity contribution in [3.05, 3.63) is 94.0 Å². The summed E-state index contributed by atoms with van der Waals surface area (Å²) < 4.78 is 86.0. The zero-order valence-corrected chi connectivity index (χ0v) is 22.4. The Morgan fingerprint density at radius 3 is 2.42 bits per heavy atom. The predicted molar refractivity (Wildman–Crippen MR) is 141 cm³/mol. The molecule has 0 amide bonds. The highest BCUT2D eigenvalue weighted by Gasteiger charge is 2.42. The van der Waals surface area contributed by atoms with Crippen molar-refractivity contribution in [3.8, 4) is 5.75 Å². The number of benzene rings is 2. The monoisotopic (exact) mass is 580 g/mol. The average Bonchev–Trinajstić information content (AvgIpc) is 3.58. The van der Waals surface area contributed by atoms with Gasteiger partial charge in [-0.3, -0.25) is 4.68 Å².